The van der Waals surface area contributed by atoms with Crippen LogP contribution in [0, 0.1) is 3.57 Å². The highest BCUT2D eigenvalue weighted by molar-refractivity contribution is 14.1. The highest BCUT2D eigenvalue weighted by Gasteiger charge is 2.12. The molecule has 0 unspecified atom stereocenters. The van der Waals surface area contributed by atoms with Crippen LogP contribution in [0.25, 0.3) is 0 Å². The highest BCUT2D eigenvalue weighted by atomic mass is 127. The van der Waals surface area contributed by atoms with Gasteiger partial charge < -0.3 is 5.11 Å². The number of rotatable bonds is 3. The van der Waals surface area contributed by atoms with Gasteiger partial charge in [0.1, 0.15) is 5.75 Å². The molecule has 2 nitrogen and oxygen atoms in total. The van der Waals surface area contributed by atoms with Gasteiger partial charge in [0.05, 0.1) is 3.57 Å². The molecule has 0 spiro atoms. The number of phenolic OH excluding ortho intramolecular Hbond substituents is 1. The molecule has 1 rings (SSSR count). The van der Waals surface area contributed by atoms with Crippen molar-refractivity contribution in [3.05, 3.63) is 26.3 Å². The molecule has 88 valence electrons. The Kier molecular flexibility index (Phi) is 5.05. The third-order valence-electron chi connectivity index (χ3n) is 2.09. The first-order chi connectivity index (χ1) is 7.45. The van der Waals surface area contributed by atoms with Gasteiger partial charge in [0.2, 0.25) is 0 Å². The Morgan fingerprint density at radius 1 is 1.50 bits per heavy atom. The summed E-state index contributed by atoms with van der Waals surface area (Å²) in [4.78, 5) is 4.50. The fraction of sp³-hybridized carbons (Fsp3) is 0.417. The van der Waals surface area contributed by atoms with E-state index in [0.717, 1.165) is 21.3 Å². The van der Waals surface area contributed by atoms with Crippen LogP contribution >= 0.6 is 34.2 Å². The zero-order valence-corrected chi connectivity index (χ0v) is 12.5. The summed E-state index contributed by atoms with van der Waals surface area (Å²) >= 11 is 8.06. The second kappa shape index (κ2) is 5.87. The van der Waals surface area contributed by atoms with Crippen LogP contribution in [-0.4, -0.2) is 16.9 Å². The predicted octanol–water partition coefficient (Wildman–Crippen LogP) is 4.26. The van der Waals surface area contributed by atoms with E-state index in [2.05, 4.69) is 27.6 Å². The Bertz CT molecular complexity index is 416. The molecule has 1 aromatic rings. The second-order valence-corrected chi connectivity index (χ2v) is 5.41. The minimum Gasteiger partial charge on any atom is -0.506 e. The molecule has 4 heteroatoms. The highest BCUT2D eigenvalue weighted by Crippen LogP contribution is 2.29. The third kappa shape index (κ3) is 3.35. The van der Waals surface area contributed by atoms with Gasteiger partial charge in [0.25, 0.3) is 0 Å². The van der Waals surface area contributed by atoms with Crippen molar-refractivity contribution in [2.24, 2.45) is 4.99 Å². The number of nitrogens with zero attached hydrogens (tertiary/aromatic N) is 1. The van der Waals surface area contributed by atoms with Crippen molar-refractivity contribution in [1.82, 2.24) is 0 Å². The molecule has 1 N–H and O–H groups in total. The van der Waals surface area contributed by atoms with Crippen molar-refractivity contribution in [2.75, 3.05) is 0 Å². The lowest BCUT2D eigenvalue weighted by Gasteiger charge is -2.10. The third-order valence-corrected chi connectivity index (χ3v) is 3.13. The van der Waals surface area contributed by atoms with E-state index in [0.29, 0.717) is 5.02 Å². The molecule has 0 atom stereocenters. The van der Waals surface area contributed by atoms with Crippen LogP contribution in [0.15, 0.2) is 17.1 Å². The standard InChI is InChI=1S/C12H15ClINO/c1-4-11(15-7(2)3)9-5-8(13)6-10(14)12(9)16/h5-7,16H,4H2,1-3H3. The van der Waals surface area contributed by atoms with Crippen LogP contribution in [0.3, 0.4) is 0 Å². The molecule has 0 aliphatic heterocycles. The molecule has 0 amide bonds. The number of halogens is 2. The smallest absolute Gasteiger partial charge is 0.138 e. The van der Waals surface area contributed by atoms with Crippen molar-refractivity contribution >= 4 is 39.9 Å². The van der Waals surface area contributed by atoms with E-state index in [1.54, 1.807) is 12.1 Å². The molecule has 0 radical (unpaired) electrons. The van der Waals surface area contributed by atoms with E-state index in [-0.39, 0.29) is 11.8 Å². The van der Waals surface area contributed by atoms with Gasteiger partial charge in [-0.3, -0.25) is 4.99 Å². The van der Waals surface area contributed by atoms with Crippen molar-refractivity contribution in [3.8, 4) is 5.75 Å². The lowest BCUT2D eigenvalue weighted by atomic mass is 10.1. The topological polar surface area (TPSA) is 32.6 Å². The van der Waals surface area contributed by atoms with Gasteiger partial charge >= 0.3 is 0 Å². The lowest BCUT2D eigenvalue weighted by Crippen LogP contribution is -2.04. The summed E-state index contributed by atoms with van der Waals surface area (Å²) in [7, 11) is 0. The summed E-state index contributed by atoms with van der Waals surface area (Å²) in [6.45, 7) is 6.05. The molecule has 0 saturated heterocycles. The summed E-state index contributed by atoms with van der Waals surface area (Å²) in [5, 5.41) is 10.6. The Morgan fingerprint density at radius 3 is 2.62 bits per heavy atom. The molecular formula is C12H15ClINO. The zero-order chi connectivity index (χ0) is 12.3. The van der Waals surface area contributed by atoms with E-state index < -0.39 is 0 Å². The van der Waals surface area contributed by atoms with Crippen LogP contribution in [0.5, 0.6) is 5.75 Å². The summed E-state index contributed by atoms with van der Waals surface area (Å²) in [6.07, 6.45) is 0.780. The Labute approximate surface area is 115 Å². The summed E-state index contributed by atoms with van der Waals surface area (Å²) in [5.74, 6) is 0.270. The summed E-state index contributed by atoms with van der Waals surface area (Å²) < 4.78 is 0.755. The van der Waals surface area contributed by atoms with Crippen molar-refractivity contribution in [1.29, 1.82) is 0 Å². The quantitative estimate of drug-likeness (QED) is 0.640. The van der Waals surface area contributed by atoms with Gasteiger partial charge in [-0.1, -0.05) is 18.5 Å². The largest absolute Gasteiger partial charge is 0.506 e. The first-order valence-corrected chi connectivity index (χ1v) is 6.66. The average Bonchev–Trinajstić information content (AvgIpc) is 2.20. The van der Waals surface area contributed by atoms with Gasteiger partial charge in [0, 0.05) is 22.3 Å². The molecule has 0 heterocycles. The van der Waals surface area contributed by atoms with Gasteiger partial charge in [0.15, 0.2) is 0 Å². The average molecular weight is 352 g/mol. The number of benzene rings is 1. The van der Waals surface area contributed by atoms with Crippen LogP contribution < -0.4 is 0 Å². The van der Waals surface area contributed by atoms with Crippen LogP contribution in [-0.2, 0) is 0 Å². The zero-order valence-electron chi connectivity index (χ0n) is 9.59. The molecule has 1 aromatic carbocycles. The van der Waals surface area contributed by atoms with E-state index in [4.69, 9.17) is 11.6 Å². The van der Waals surface area contributed by atoms with Gasteiger partial charge in [-0.2, -0.15) is 0 Å². The fourth-order valence-electron chi connectivity index (χ4n) is 1.45. The SMILES string of the molecule is CCC(=NC(C)C)c1cc(Cl)cc(I)c1O. The first kappa shape index (κ1) is 13.8. The molecule has 0 saturated carbocycles. The van der Waals surface area contributed by atoms with Gasteiger partial charge in [-0.15, -0.1) is 0 Å². The number of aromatic hydroxyl groups is 1. The summed E-state index contributed by atoms with van der Waals surface area (Å²) in [5.41, 5.74) is 1.64. The van der Waals surface area contributed by atoms with Crippen molar-refractivity contribution in [2.45, 2.75) is 33.2 Å². The predicted molar refractivity (Wildman–Crippen MR) is 77.8 cm³/mol. The first-order valence-electron chi connectivity index (χ1n) is 5.20. The second-order valence-electron chi connectivity index (χ2n) is 3.81. The van der Waals surface area contributed by atoms with Crippen LogP contribution in [0.1, 0.15) is 32.8 Å². The fourth-order valence-corrected chi connectivity index (χ4v) is 2.48. The Hall–Kier alpha value is -0.290. The molecule has 16 heavy (non-hydrogen) atoms. The molecule has 0 aliphatic rings. The number of hydrogen-bond donors (Lipinski definition) is 1. The maximum atomic E-state index is 9.99. The maximum absolute atomic E-state index is 9.99. The van der Waals surface area contributed by atoms with E-state index in [9.17, 15) is 5.11 Å². The lowest BCUT2D eigenvalue weighted by molar-refractivity contribution is 0.470. The maximum Gasteiger partial charge on any atom is 0.138 e. The Balaban J connectivity index is 3.30. The molecule has 0 fully saturated rings. The normalized spacial score (nSPS) is 12.2. The number of hydrogen-bond acceptors (Lipinski definition) is 2. The molecule has 0 bridgehead atoms. The van der Waals surface area contributed by atoms with Gasteiger partial charge in [-0.05, 0) is 55.0 Å². The van der Waals surface area contributed by atoms with E-state index in [1.165, 1.54) is 0 Å². The van der Waals surface area contributed by atoms with Crippen molar-refractivity contribution in [3.63, 3.8) is 0 Å². The van der Waals surface area contributed by atoms with Crippen LogP contribution in [0.4, 0.5) is 0 Å². The minimum atomic E-state index is 0.214. The van der Waals surface area contributed by atoms with Crippen molar-refractivity contribution < 1.29 is 5.11 Å². The summed E-state index contributed by atoms with van der Waals surface area (Å²) in [6, 6.07) is 3.72. The molecule has 0 aliphatic carbocycles. The minimum absolute atomic E-state index is 0.214. The number of phenols is 1. The van der Waals surface area contributed by atoms with E-state index >= 15 is 0 Å². The number of aliphatic imine (C=N–C) groups is 1. The molecule has 0 aromatic heterocycles. The Morgan fingerprint density at radius 2 is 2.12 bits per heavy atom. The molecular weight excluding hydrogens is 336 g/mol. The van der Waals surface area contributed by atoms with E-state index in [1.807, 2.05) is 20.8 Å². The monoisotopic (exact) mass is 351 g/mol. The van der Waals surface area contributed by atoms with Gasteiger partial charge in [-0.25, -0.2) is 0 Å². The van der Waals surface area contributed by atoms with Crippen LogP contribution in [0.2, 0.25) is 5.02 Å².